The molecule has 5 nitrogen and oxygen atoms in total. The Kier molecular flexibility index (Phi) is 6.63. The fourth-order valence-corrected chi connectivity index (χ4v) is 4.50. The average Bonchev–Trinajstić information content (AvgIpc) is 2.31. The van der Waals surface area contributed by atoms with E-state index in [1.165, 1.54) is 6.07 Å². The Morgan fingerprint density at radius 3 is 2.60 bits per heavy atom. The van der Waals surface area contributed by atoms with Gasteiger partial charge < -0.3 is 5.11 Å². The number of hydrogen-bond donors (Lipinski definition) is 2. The molecule has 1 atom stereocenters. The molecule has 0 amide bonds. The summed E-state index contributed by atoms with van der Waals surface area (Å²) in [7, 11) is -3.77. The summed E-state index contributed by atoms with van der Waals surface area (Å²) in [6, 6.07) is 4.18. The fraction of sp³-hybridized carbons (Fsp3) is 0.417. The van der Waals surface area contributed by atoms with Crippen LogP contribution < -0.4 is 4.72 Å². The lowest BCUT2D eigenvalue weighted by Crippen LogP contribution is -2.36. The molecular weight excluding hydrogens is 414 g/mol. The quantitative estimate of drug-likeness (QED) is 0.698. The number of nitrogens with one attached hydrogen (secondary N) is 1. The maximum atomic E-state index is 12.3. The summed E-state index contributed by atoms with van der Waals surface area (Å²) in [5.41, 5.74) is 0. The molecule has 2 N–H and O–H groups in total. The highest BCUT2D eigenvalue weighted by molar-refractivity contribution is 9.11. The van der Waals surface area contributed by atoms with Crippen molar-refractivity contribution in [3.63, 3.8) is 0 Å². The largest absolute Gasteiger partial charge is 0.481 e. The van der Waals surface area contributed by atoms with Crippen molar-refractivity contribution in [2.45, 2.75) is 37.1 Å². The number of sulfonamides is 1. The van der Waals surface area contributed by atoms with Crippen molar-refractivity contribution in [3.8, 4) is 0 Å². The highest BCUT2D eigenvalue weighted by atomic mass is 79.9. The van der Waals surface area contributed by atoms with Gasteiger partial charge in [0.2, 0.25) is 10.0 Å². The number of aliphatic carboxylic acids is 1. The number of carboxylic acid groups (broad SMARTS) is 1. The van der Waals surface area contributed by atoms with Crippen molar-refractivity contribution in [2.75, 3.05) is 0 Å². The van der Waals surface area contributed by atoms with Crippen molar-refractivity contribution < 1.29 is 18.3 Å². The van der Waals surface area contributed by atoms with E-state index in [2.05, 4.69) is 36.6 Å². The van der Waals surface area contributed by atoms with Crippen LogP contribution in [0.2, 0.25) is 0 Å². The lowest BCUT2D eigenvalue weighted by Gasteiger charge is -2.17. The molecule has 1 unspecified atom stereocenters. The second-order valence-electron chi connectivity index (χ2n) is 4.28. The summed E-state index contributed by atoms with van der Waals surface area (Å²) in [4.78, 5) is 10.9. The standard InChI is InChI=1S/C12H15Br2NO4S/c1-2-3-9(7-12(16)17)15-20(18,19)11-6-8(13)4-5-10(11)14/h4-6,9,15H,2-3,7H2,1H3,(H,16,17). The molecule has 0 saturated carbocycles. The molecule has 1 aromatic carbocycles. The molecular formula is C12H15Br2NO4S. The van der Waals surface area contributed by atoms with E-state index in [1.54, 1.807) is 12.1 Å². The van der Waals surface area contributed by atoms with Gasteiger partial charge in [-0.2, -0.15) is 0 Å². The van der Waals surface area contributed by atoms with Gasteiger partial charge in [0, 0.05) is 15.0 Å². The van der Waals surface area contributed by atoms with Crippen molar-refractivity contribution in [3.05, 3.63) is 27.1 Å². The number of hydrogen-bond acceptors (Lipinski definition) is 3. The monoisotopic (exact) mass is 427 g/mol. The predicted molar refractivity (Wildman–Crippen MR) is 83.1 cm³/mol. The third kappa shape index (κ3) is 5.16. The Morgan fingerprint density at radius 1 is 1.40 bits per heavy atom. The van der Waals surface area contributed by atoms with Crippen LogP contribution in [0.3, 0.4) is 0 Å². The van der Waals surface area contributed by atoms with Crippen LogP contribution in [0.25, 0.3) is 0 Å². The molecule has 1 aromatic rings. The molecule has 0 aliphatic rings. The summed E-state index contributed by atoms with van der Waals surface area (Å²) in [5, 5.41) is 8.83. The third-order valence-corrected chi connectivity index (χ3v) is 5.57. The second-order valence-corrected chi connectivity index (χ2v) is 7.73. The van der Waals surface area contributed by atoms with Crippen LogP contribution in [0.4, 0.5) is 0 Å². The minimum absolute atomic E-state index is 0.0818. The van der Waals surface area contributed by atoms with Gasteiger partial charge in [-0.15, -0.1) is 0 Å². The molecule has 0 aromatic heterocycles. The number of rotatable bonds is 7. The highest BCUT2D eigenvalue weighted by Crippen LogP contribution is 2.26. The Labute approximate surface area is 135 Å². The molecule has 0 aliphatic carbocycles. The first kappa shape index (κ1) is 17.6. The Bertz CT molecular complexity index is 589. The van der Waals surface area contributed by atoms with Gasteiger partial charge in [-0.25, -0.2) is 13.1 Å². The van der Waals surface area contributed by atoms with Gasteiger partial charge in [0.25, 0.3) is 0 Å². The maximum absolute atomic E-state index is 12.3. The van der Waals surface area contributed by atoms with E-state index < -0.39 is 22.0 Å². The van der Waals surface area contributed by atoms with Gasteiger partial charge in [0.1, 0.15) is 0 Å². The minimum atomic E-state index is -3.77. The van der Waals surface area contributed by atoms with E-state index in [-0.39, 0.29) is 11.3 Å². The first-order valence-electron chi connectivity index (χ1n) is 5.95. The van der Waals surface area contributed by atoms with Crippen LogP contribution in [0.1, 0.15) is 26.2 Å². The molecule has 20 heavy (non-hydrogen) atoms. The van der Waals surface area contributed by atoms with Gasteiger partial charge in [-0.3, -0.25) is 4.79 Å². The summed E-state index contributed by atoms with van der Waals surface area (Å²) in [6.07, 6.45) is 0.927. The molecule has 0 radical (unpaired) electrons. The summed E-state index contributed by atoms with van der Waals surface area (Å²) >= 11 is 6.41. The lowest BCUT2D eigenvalue weighted by atomic mass is 10.1. The second kappa shape index (κ2) is 7.53. The van der Waals surface area contributed by atoms with Crippen LogP contribution in [0.15, 0.2) is 32.0 Å². The van der Waals surface area contributed by atoms with E-state index in [9.17, 15) is 13.2 Å². The Hall–Kier alpha value is -0.440. The van der Waals surface area contributed by atoms with Crippen LogP contribution in [0, 0.1) is 0 Å². The molecule has 1 rings (SSSR count). The van der Waals surface area contributed by atoms with Crippen LogP contribution in [-0.4, -0.2) is 25.5 Å². The molecule has 0 saturated heterocycles. The fourth-order valence-electron chi connectivity index (χ4n) is 1.73. The first-order valence-corrected chi connectivity index (χ1v) is 9.02. The summed E-state index contributed by atoms with van der Waals surface area (Å²) < 4.78 is 28.1. The van der Waals surface area contributed by atoms with Gasteiger partial charge in [-0.1, -0.05) is 29.3 Å². The lowest BCUT2D eigenvalue weighted by molar-refractivity contribution is -0.137. The van der Waals surface area contributed by atoms with Crippen LogP contribution >= 0.6 is 31.9 Å². The zero-order valence-corrected chi connectivity index (χ0v) is 14.8. The van der Waals surface area contributed by atoms with E-state index in [0.717, 1.165) is 0 Å². The van der Waals surface area contributed by atoms with Gasteiger partial charge in [0.05, 0.1) is 11.3 Å². The summed E-state index contributed by atoms with van der Waals surface area (Å²) in [6.45, 7) is 1.87. The zero-order valence-electron chi connectivity index (χ0n) is 10.8. The van der Waals surface area contributed by atoms with E-state index >= 15 is 0 Å². The van der Waals surface area contributed by atoms with Crippen LogP contribution in [0.5, 0.6) is 0 Å². The molecule has 8 heteroatoms. The molecule has 0 heterocycles. The Balaban J connectivity index is 3.02. The van der Waals surface area contributed by atoms with E-state index in [4.69, 9.17) is 5.11 Å². The third-order valence-electron chi connectivity index (χ3n) is 2.56. The predicted octanol–water partition coefficient (Wildman–Crippen LogP) is 3.13. The molecule has 0 bridgehead atoms. The van der Waals surface area contributed by atoms with Crippen molar-refractivity contribution in [2.24, 2.45) is 0 Å². The highest BCUT2D eigenvalue weighted by Gasteiger charge is 2.23. The van der Waals surface area contributed by atoms with Gasteiger partial charge >= 0.3 is 5.97 Å². The first-order chi connectivity index (χ1) is 9.26. The zero-order chi connectivity index (χ0) is 15.3. The summed E-state index contributed by atoms with van der Waals surface area (Å²) in [5.74, 6) is -1.03. The number of halogens is 2. The SMILES string of the molecule is CCCC(CC(=O)O)NS(=O)(=O)c1cc(Br)ccc1Br. The normalized spacial score (nSPS) is 13.2. The molecule has 0 spiro atoms. The number of carbonyl (C=O) groups is 1. The van der Waals surface area contributed by atoms with Crippen LogP contribution in [-0.2, 0) is 14.8 Å². The van der Waals surface area contributed by atoms with E-state index in [1.807, 2.05) is 6.92 Å². The van der Waals surface area contributed by atoms with E-state index in [0.29, 0.717) is 21.8 Å². The smallest absolute Gasteiger partial charge is 0.304 e. The minimum Gasteiger partial charge on any atom is -0.481 e. The van der Waals surface area contributed by atoms with Crippen molar-refractivity contribution in [1.29, 1.82) is 0 Å². The van der Waals surface area contributed by atoms with Gasteiger partial charge in [-0.05, 0) is 40.5 Å². The molecule has 112 valence electrons. The molecule has 0 fully saturated rings. The number of benzene rings is 1. The number of carboxylic acids is 1. The van der Waals surface area contributed by atoms with Gasteiger partial charge in [0.15, 0.2) is 0 Å². The average molecular weight is 429 g/mol. The maximum Gasteiger partial charge on any atom is 0.304 e. The van der Waals surface area contributed by atoms with Crippen molar-refractivity contribution >= 4 is 47.9 Å². The topological polar surface area (TPSA) is 83.5 Å². The Morgan fingerprint density at radius 2 is 2.05 bits per heavy atom. The molecule has 0 aliphatic heterocycles. The van der Waals surface area contributed by atoms with Crippen molar-refractivity contribution in [1.82, 2.24) is 4.72 Å².